The molecule has 1 heterocycles. The van der Waals surface area contributed by atoms with Gasteiger partial charge in [0.15, 0.2) is 0 Å². The zero-order chi connectivity index (χ0) is 14.7. The van der Waals surface area contributed by atoms with Gasteiger partial charge in [0.2, 0.25) is 0 Å². The molecule has 3 heteroatoms. The van der Waals surface area contributed by atoms with Crippen LogP contribution in [0.1, 0.15) is 46.8 Å². The topological polar surface area (TPSA) is 35.2 Å². The number of ether oxygens (including phenoxy) is 1. The van der Waals surface area contributed by atoms with Crippen molar-refractivity contribution in [1.29, 1.82) is 0 Å². The Morgan fingerprint density at radius 3 is 2.45 bits per heavy atom. The number of benzene rings is 1. The van der Waals surface area contributed by atoms with Crippen LogP contribution in [-0.2, 0) is 0 Å². The molecule has 0 aliphatic heterocycles. The van der Waals surface area contributed by atoms with Crippen molar-refractivity contribution in [3.05, 3.63) is 51.2 Å². The molecule has 2 aromatic rings. The molecule has 1 aromatic heterocycles. The Bertz CT molecular complexity index is 574. The van der Waals surface area contributed by atoms with Crippen LogP contribution in [-0.4, -0.2) is 6.54 Å². The molecule has 0 spiro atoms. The van der Waals surface area contributed by atoms with Crippen LogP contribution in [0.4, 0.5) is 0 Å². The van der Waals surface area contributed by atoms with Crippen LogP contribution in [0.5, 0.6) is 5.75 Å². The van der Waals surface area contributed by atoms with Crippen LogP contribution in [0.15, 0.2) is 30.3 Å². The zero-order valence-electron chi connectivity index (χ0n) is 12.6. The van der Waals surface area contributed by atoms with E-state index in [0.717, 1.165) is 5.75 Å². The van der Waals surface area contributed by atoms with Crippen LogP contribution in [0.3, 0.4) is 0 Å². The monoisotopic (exact) mass is 289 g/mol. The van der Waals surface area contributed by atoms with Crippen molar-refractivity contribution < 1.29 is 4.74 Å². The van der Waals surface area contributed by atoms with Crippen LogP contribution in [0, 0.1) is 13.8 Å². The van der Waals surface area contributed by atoms with Gasteiger partial charge in [0.05, 0.1) is 0 Å². The van der Waals surface area contributed by atoms with Gasteiger partial charge >= 0.3 is 0 Å². The third-order valence-corrected chi connectivity index (χ3v) is 4.45. The molecule has 0 radical (unpaired) electrons. The second-order valence-electron chi connectivity index (χ2n) is 5.49. The molecule has 0 fully saturated rings. The molecule has 0 saturated carbocycles. The van der Waals surface area contributed by atoms with E-state index >= 15 is 0 Å². The summed E-state index contributed by atoms with van der Waals surface area (Å²) in [6.07, 6.45) is -0.0620. The summed E-state index contributed by atoms with van der Waals surface area (Å²) in [5, 5.41) is 0. The van der Waals surface area contributed by atoms with Gasteiger partial charge in [-0.25, -0.2) is 0 Å². The Morgan fingerprint density at radius 2 is 1.90 bits per heavy atom. The minimum atomic E-state index is -0.0620. The SMILES string of the molecule is Cc1ccc(C(C)C)c(OC(CN)c2ccc(C)s2)c1. The summed E-state index contributed by atoms with van der Waals surface area (Å²) >= 11 is 1.75. The fourth-order valence-corrected chi connectivity index (χ4v) is 3.14. The summed E-state index contributed by atoms with van der Waals surface area (Å²) in [4.78, 5) is 2.48. The maximum Gasteiger partial charge on any atom is 0.145 e. The van der Waals surface area contributed by atoms with E-state index in [9.17, 15) is 0 Å². The van der Waals surface area contributed by atoms with Crippen molar-refractivity contribution in [3.8, 4) is 5.75 Å². The maximum atomic E-state index is 6.22. The Morgan fingerprint density at radius 1 is 1.15 bits per heavy atom. The third kappa shape index (κ3) is 3.41. The highest BCUT2D eigenvalue weighted by molar-refractivity contribution is 7.12. The highest BCUT2D eigenvalue weighted by Gasteiger charge is 2.16. The number of hydrogen-bond donors (Lipinski definition) is 1. The molecule has 0 bridgehead atoms. The van der Waals surface area contributed by atoms with Crippen LogP contribution >= 0.6 is 11.3 Å². The summed E-state index contributed by atoms with van der Waals surface area (Å²) in [6, 6.07) is 10.6. The van der Waals surface area contributed by atoms with Gasteiger partial charge in [-0.15, -0.1) is 11.3 Å². The molecule has 20 heavy (non-hydrogen) atoms. The lowest BCUT2D eigenvalue weighted by Crippen LogP contribution is -2.18. The van der Waals surface area contributed by atoms with Crippen LogP contribution < -0.4 is 10.5 Å². The molecule has 2 N–H and O–H groups in total. The smallest absolute Gasteiger partial charge is 0.145 e. The minimum Gasteiger partial charge on any atom is -0.483 e. The van der Waals surface area contributed by atoms with E-state index < -0.39 is 0 Å². The first-order chi connectivity index (χ1) is 9.51. The van der Waals surface area contributed by atoms with Gasteiger partial charge in [-0.3, -0.25) is 0 Å². The predicted octanol–water partition coefficient (Wildman–Crippen LogP) is 4.57. The average Bonchev–Trinajstić information content (AvgIpc) is 2.82. The van der Waals surface area contributed by atoms with E-state index in [1.54, 1.807) is 11.3 Å². The Hall–Kier alpha value is -1.32. The van der Waals surface area contributed by atoms with Crippen molar-refractivity contribution in [3.63, 3.8) is 0 Å². The molecular formula is C17H23NOS. The maximum absolute atomic E-state index is 6.22. The van der Waals surface area contributed by atoms with Gasteiger partial charge in [0.1, 0.15) is 11.9 Å². The number of nitrogens with two attached hydrogens (primary N) is 1. The van der Waals surface area contributed by atoms with Crippen molar-refractivity contribution in [1.82, 2.24) is 0 Å². The van der Waals surface area contributed by atoms with Gasteiger partial charge < -0.3 is 10.5 Å². The predicted molar refractivity (Wildman–Crippen MR) is 86.7 cm³/mol. The fourth-order valence-electron chi connectivity index (χ4n) is 2.22. The summed E-state index contributed by atoms with van der Waals surface area (Å²) in [5.41, 5.74) is 8.36. The second kappa shape index (κ2) is 6.42. The van der Waals surface area contributed by atoms with Crippen LogP contribution in [0.25, 0.3) is 0 Å². The van der Waals surface area contributed by atoms with Crippen LogP contribution in [0.2, 0.25) is 0 Å². The molecule has 0 saturated heterocycles. The van der Waals surface area contributed by atoms with E-state index in [-0.39, 0.29) is 6.10 Å². The fraction of sp³-hybridized carbons (Fsp3) is 0.412. The number of rotatable bonds is 5. The van der Waals surface area contributed by atoms with E-state index in [2.05, 4.69) is 58.0 Å². The van der Waals surface area contributed by atoms with Crippen molar-refractivity contribution in [2.45, 2.75) is 39.7 Å². The Kier molecular flexibility index (Phi) is 4.84. The molecule has 1 atom stereocenters. The molecular weight excluding hydrogens is 266 g/mol. The number of aryl methyl sites for hydroxylation is 2. The van der Waals surface area contributed by atoms with Crippen molar-refractivity contribution >= 4 is 11.3 Å². The first-order valence-electron chi connectivity index (χ1n) is 7.05. The zero-order valence-corrected chi connectivity index (χ0v) is 13.5. The first-order valence-corrected chi connectivity index (χ1v) is 7.86. The van der Waals surface area contributed by atoms with Crippen molar-refractivity contribution in [2.75, 3.05) is 6.54 Å². The normalized spacial score (nSPS) is 12.7. The standard InChI is InChI=1S/C17H23NOS/c1-11(2)14-7-5-12(3)9-15(14)19-16(10-18)17-8-6-13(4)20-17/h5-9,11,16H,10,18H2,1-4H3. The van der Waals surface area contributed by atoms with Gasteiger partial charge in [-0.1, -0.05) is 26.0 Å². The third-order valence-electron chi connectivity index (χ3n) is 3.35. The van der Waals surface area contributed by atoms with Gasteiger partial charge in [-0.2, -0.15) is 0 Å². The molecule has 0 aliphatic carbocycles. The quantitative estimate of drug-likeness (QED) is 0.875. The van der Waals surface area contributed by atoms with E-state index in [1.807, 2.05) is 0 Å². The number of thiophene rings is 1. The lowest BCUT2D eigenvalue weighted by Gasteiger charge is -2.20. The average molecular weight is 289 g/mol. The molecule has 0 amide bonds. The number of hydrogen-bond acceptors (Lipinski definition) is 3. The highest BCUT2D eigenvalue weighted by Crippen LogP contribution is 2.32. The molecule has 108 valence electrons. The molecule has 1 unspecified atom stereocenters. The van der Waals surface area contributed by atoms with Gasteiger partial charge in [0.25, 0.3) is 0 Å². The molecule has 2 nitrogen and oxygen atoms in total. The highest BCUT2D eigenvalue weighted by atomic mass is 32.1. The van der Waals surface area contributed by atoms with Gasteiger partial charge in [-0.05, 0) is 49.1 Å². The lowest BCUT2D eigenvalue weighted by molar-refractivity contribution is 0.215. The largest absolute Gasteiger partial charge is 0.483 e. The Balaban J connectivity index is 2.29. The summed E-state index contributed by atoms with van der Waals surface area (Å²) in [7, 11) is 0. The minimum absolute atomic E-state index is 0.0620. The molecule has 0 aliphatic rings. The lowest BCUT2D eigenvalue weighted by atomic mass is 10.0. The molecule has 1 aromatic carbocycles. The summed E-state index contributed by atoms with van der Waals surface area (Å²) < 4.78 is 6.22. The summed E-state index contributed by atoms with van der Waals surface area (Å²) in [6.45, 7) is 9.05. The molecule has 2 rings (SSSR count). The van der Waals surface area contributed by atoms with Crippen molar-refractivity contribution in [2.24, 2.45) is 5.73 Å². The summed E-state index contributed by atoms with van der Waals surface area (Å²) in [5.74, 6) is 1.40. The second-order valence-corrected chi connectivity index (χ2v) is 6.81. The van der Waals surface area contributed by atoms with Gasteiger partial charge in [0, 0.05) is 16.3 Å². The van der Waals surface area contributed by atoms with E-state index in [0.29, 0.717) is 12.5 Å². The Labute approximate surface area is 125 Å². The van der Waals surface area contributed by atoms with E-state index in [4.69, 9.17) is 10.5 Å². The van der Waals surface area contributed by atoms with E-state index in [1.165, 1.54) is 20.9 Å². The first kappa shape index (κ1) is 15.1.